The standard InChI is InChI=1S/C19H19F3N2O5/c1-9(24-17(26)10-4-2-3-5-11(10)18(24)27)19(28)29-8-14(25)23-13-7-6-12(20)15(21)16(13)22/h6-7,9-11H,2-5,8H2,1H3,(H,23,25)/t9-,10-,11+/m0/s1. The third-order valence-electron chi connectivity index (χ3n) is 5.26. The van der Waals surface area contributed by atoms with Gasteiger partial charge in [0.15, 0.2) is 24.1 Å². The van der Waals surface area contributed by atoms with E-state index in [1.54, 1.807) is 0 Å². The number of benzene rings is 1. The van der Waals surface area contributed by atoms with E-state index in [9.17, 15) is 32.3 Å². The van der Waals surface area contributed by atoms with Crippen LogP contribution in [0.3, 0.4) is 0 Å². The Balaban J connectivity index is 1.57. The molecule has 1 aromatic carbocycles. The highest BCUT2D eigenvalue weighted by Gasteiger charge is 2.51. The van der Waals surface area contributed by atoms with Gasteiger partial charge in [-0.15, -0.1) is 0 Å². The van der Waals surface area contributed by atoms with Crippen LogP contribution in [0.2, 0.25) is 0 Å². The van der Waals surface area contributed by atoms with E-state index in [0.717, 1.165) is 23.8 Å². The van der Waals surface area contributed by atoms with Crippen molar-refractivity contribution in [1.82, 2.24) is 4.90 Å². The molecule has 2 fully saturated rings. The van der Waals surface area contributed by atoms with Gasteiger partial charge in [0.25, 0.3) is 5.91 Å². The molecule has 1 saturated carbocycles. The van der Waals surface area contributed by atoms with Crippen LogP contribution >= 0.6 is 0 Å². The minimum Gasteiger partial charge on any atom is -0.454 e. The first kappa shape index (κ1) is 20.8. The number of esters is 1. The average molecular weight is 412 g/mol. The van der Waals surface area contributed by atoms with Gasteiger partial charge in [-0.1, -0.05) is 12.8 Å². The van der Waals surface area contributed by atoms with Crippen molar-refractivity contribution >= 4 is 29.4 Å². The minimum absolute atomic E-state index is 0.419. The number of carbonyl (C=O) groups excluding carboxylic acids is 4. The van der Waals surface area contributed by atoms with Crippen LogP contribution in [-0.4, -0.2) is 41.2 Å². The Morgan fingerprint density at radius 2 is 1.69 bits per heavy atom. The third-order valence-corrected chi connectivity index (χ3v) is 5.26. The van der Waals surface area contributed by atoms with E-state index in [0.29, 0.717) is 18.9 Å². The van der Waals surface area contributed by atoms with E-state index in [1.807, 2.05) is 5.32 Å². The summed E-state index contributed by atoms with van der Waals surface area (Å²) in [6.45, 7) is 0.465. The highest BCUT2D eigenvalue weighted by Crippen LogP contribution is 2.38. The van der Waals surface area contributed by atoms with Crippen LogP contribution in [0.1, 0.15) is 32.6 Å². The number of halogens is 3. The van der Waals surface area contributed by atoms with Gasteiger partial charge in [-0.2, -0.15) is 0 Å². The second-order valence-corrected chi connectivity index (χ2v) is 7.10. The number of hydrogen-bond donors (Lipinski definition) is 1. The lowest BCUT2D eigenvalue weighted by Crippen LogP contribution is -2.45. The Morgan fingerprint density at radius 1 is 1.10 bits per heavy atom. The molecule has 1 aliphatic heterocycles. The molecule has 0 bridgehead atoms. The van der Waals surface area contributed by atoms with Crippen LogP contribution in [-0.2, 0) is 23.9 Å². The van der Waals surface area contributed by atoms with Crippen LogP contribution in [0.25, 0.3) is 0 Å². The second kappa shape index (κ2) is 8.22. The summed E-state index contributed by atoms with van der Waals surface area (Å²) in [6.07, 6.45) is 2.87. The SMILES string of the molecule is C[C@@H](C(=O)OCC(=O)Nc1ccc(F)c(F)c1F)N1C(=O)[C@H]2CCCC[C@H]2C1=O. The Hall–Kier alpha value is -2.91. The van der Waals surface area contributed by atoms with Crippen LogP contribution < -0.4 is 5.32 Å². The second-order valence-electron chi connectivity index (χ2n) is 7.10. The Morgan fingerprint density at radius 3 is 2.28 bits per heavy atom. The largest absolute Gasteiger partial charge is 0.454 e. The van der Waals surface area contributed by atoms with Gasteiger partial charge in [-0.25, -0.2) is 18.0 Å². The summed E-state index contributed by atoms with van der Waals surface area (Å²) >= 11 is 0. The fraction of sp³-hybridized carbons (Fsp3) is 0.474. The van der Waals surface area contributed by atoms with Crippen molar-refractivity contribution in [3.05, 3.63) is 29.6 Å². The zero-order chi connectivity index (χ0) is 21.3. The van der Waals surface area contributed by atoms with Crippen molar-refractivity contribution in [3.63, 3.8) is 0 Å². The maximum atomic E-state index is 13.6. The smallest absolute Gasteiger partial charge is 0.329 e. The molecule has 10 heteroatoms. The van der Waals surface area contributed by atoms with Crippen molar-refractivity contribution in [1.29, 1.82) is 0 Å². The number of likely N-dealkylation sites (tertiary alicyclic amines) is 1. The predicted octanol–water partition coefficient (Wildman–Crippen LogP) is 2.15. The number of hydrogen-bond acceptors (Lipinski definition) is 5. The van der Waals surface area contributed by atoms with Gasteiger partial charge in [-0.3, -0.25) is 19.3 Å². The number of imide groups is 1. The minimum atomic E-state index is -1.75. The van der Waals surface area contributed by atoms with E-state index in [4.69, 9.17) is 4.74 Å². The lowest BCUT2D eigenvalue weighted by atomic mass is 9.81. The Bertz CT molecular complexity index is 852. The molecular formula is C19H19F3N2O5. The van der Waals surface area contributed by atoms with Crippen LogP contribution in [0, 0.1) is 29.3 Å². The first-order valence-electron chi connectivity index (χ1n) is 9.19. The summed E-state index contributed by atoms with van der Waals surface area (Å²) < 4.78 is 44.5. The number of anilines is 1. The molecule has 0 aromatic heterocycles. The molecule has 156 valence electrons. The molecule has 1 aliphatic carbocycles. The van der Waals surface area contributed by atoms with Gasteiger partial charge in [0, 0.05) is 0 Å². The molecule has 3 atom stereocenters. The van der Waals surface area contributed by atoms with Gasteiger partial charge in [0.2, 0.25) is 11.8 Å². The molecule has 1 N–H and O–H groups in total. The number of nitrogens with one attached hydrogen (secondary N) is 1. The zero-order valence-corrected chi connectivity index (χ0v) is 15.5. The quantitative estimate of drug-likeness (QED) is 0.455. The third kappa shape index (κ3) is 3.96. The maximum Gasteiger partial charge on any atom is 0.329 e. The molecule has 0 unspecified atom stereocenters. The number of nitrogens with zero attached hydrogens (tertiary/aromatic N) is 1. The van der Waals surface area contributed by atoms with Crippen molar-refractivity contribution < 1.29 is 37.1 Å². The molecule has 1 saturated heterocycles. The van der Waals surface area contributed by atoms with Crippen molar-refractivity contribution in [2.45, 2.75) is 38.6 Å². The number of ether oxygens (including phenoxy) is 1. The molecule has 1 heterocycles. The van der Waals surface area contributed by atoms with E-state index in [-0.39, 0.29) is 0 Å². The summed E-state index contributed by atoms with van der Waals surface area (Å²) in [5.74, 6) is -8.42. The monoisotopic (exact) mass is 412 g/mol. The van der Waals surface area contributed by atoms with Gasteiger partial charge in [0.05, 0.1) is 17.5 Å². The van der Waals surface area contributed by atoms with E-state index >= 15 is 0 Å². The van der Waals surface area contributed by atoms with Crippen molar-refractivity contribution in [3.8, 4) is 0 Å². The van der Waals surface area contributed by atoms with E-state index in [1.165, 1.54) is 6.92 Å². The predicted molar refractivity (Wildman–Crippen MR) is 92.7 cm³/mol. The molecule has 7 nitrogen and oxygen atoms in total. The molecule has 0 spiro atoms. The highest BCUT2D eigenvalue weighted by molar-refractivity contribution is 6.08. The average Bonchev–Trinajstić information content (AvgIpc) is 2.96. The number of amides is 3. The van der Waals surface area contributed by atoms with E-state index in [2.05, 4.69) is 0 Å². The molecule has 0 radical (unpaired) electrons. The molecule has 1 aromatic rings. The summed E-state index contributed by atoms with van der Waals surface area (Å²) in [5.41, 5.74) is -0.619. The lowest BCUT2D eigenvalue weighted by molar-refractivity contribution is -0.159. The fourth-order valence-corrected chi connectivity index (χ4v) is 3.74. The van der Waals surface area contributed by atoms with Gasteiger partial charge >= 0.3 is 5.97 Å². The van der Waals surface area contributed by atoms with Gasteiger partial charge in [-0.05, 0) is 31.9 Å². The molecule has 3 amide bonds. The zero-order valence-electron chi connectivity index (χ0n) is 15.5. The molecule has 3 rings (SSSR count). The number of rotatable bonds is 5. The Labute approximate surface area is 164 Å². The molecule has 29 heavy (non-hydrogen) atoms. The first-order valence-corrected chi connectivity index (χ1v) is 9.19. The summed E-state index contributed by atoms with van der Waals surface area (Å²) in [5, 5.41) is 1.95. The highest BCUT2D eigenvalue weighted by atomic mass is 19.2. The van der Waals surface area contributed by atoms with Crippen LogP contribution in [0.4, 0.5) is 18.9 Å². The first-order chi connectivity index (χ1) is 13.7. The normalized spacial score (nSPS) is 22.3. The van der Waals surface area contributed by atoms with Crippen molar-refractivity contribution in [2.75, 3.05) is 11.9 Å². The Kier molecular flexibility index (Phi) is 5.90. The van der Waals surface area contributed by atoms with E-state index < -0.39 is 71.3 Å². The van der Waals surface area contributed by atoms with Gasteiger partial charge in [0.1, 0.15) is 6.04 Å². The number of fused-ring (bicyclic) bond motifs is 1. The maximum absolute atomic E-state index is 13.6. The molecule has 2 aliphatic rings. The summed E-state index contributed by atoms with van der Waals surface area (Å²) in [4.78, 5) is 49.9. The van der Waals surface area contributed by atoms with Crippen molar-refractivity contribution in [2.24, 2.45) is 11.8 Å². The number of carbonyl (C=O) groups is 4. The topological polar surface area (TPSA) is 92.8 Å². The summed E-state index contributed by atoms with van der Waals surface area (Å²) in [6, 6.07) is 0.236. The van der Waals surface area contributed by atoms with Crippen LogP contribution in [0.5, 0.6) is 0 Å². The summed E-state index contributed by atoms with van der Waals surface area (Å²) in [7, 11) is 0. The van der Waals surface area contributed by atoms with Gasteiger partial charge < -0.3 is 10.1 Å². The lowest BCUT2D eigenvalue weighted by Gasteiger charge is -2.21. The fourth-order valence-electron chi connectivity index (χ4n) is 3.74. The van der Waals surface area contributed by atoms with Crippen LogP contribution in [0.15, 0.2) is 12.1 Å². The molecular weight excluding hydrogens is 393 g/mol.